The Balaban J connectivity index is 3.15. The highest BCUT2D eigenvalue weighted by Gasteiger charge is 1.96. The smallest absolute Gasteiger partial charge is 0.220 e. The van der Waals surface area contributed by atoms with E-state index in [1.807, 2.05) is 6.08 Å². The first-order valence-corrected chi connectivity index (χ1v) is 3.89. The molecule has 0 aliphatic heterocycles. The lowest BCUT2D eigenvalue weighted by molar-refractivity contribution is -0.121. The molecule has 1 amide bonds. The van der Waals surface area contributed by atoms with Gasteiger partial charge >= 0.3 is 0 Å². The van der Waals surface area contributed by atoms with Crippen molar-refractivity contribution in [3.63, 3.8) is 0 Å². The van der Waals surface area contributed by atoms with E-state index in [-0.39, 0.29) is 5.91 Å². The van der Waals surface area contributed by atoms with Gasteiger partial charge in [-0.1, -0.05) is 6.08 Å². The molecule has 0 rings (SSSR count). The fourth-order valence-corrected chi connectivity index (χ4v) is 0.707. The van der Waals surface area contributed by atoms with E-state index in [4.69, 9.17) is 5.73 Å². The molecule has 0 aromatic rings. The zero-order valence-electron chi connectivity index (χ0n) is 6.81. The van der Waals surface area contributed by atoms with Crippen LogP contribution in [-0.4, -0.2) is 19.0 Å². The van der Waals surface area contributed by atoms with E-state index in [9.17, 15) is 4.79 Å². The van der Waals surface area contributed by atoms with Crippen LogP contribution >= 0.6 is 0 Å². The maximum atomic E-state index is 10.9. The lowest BCUT2D eigenvalue weighted by Gasteiger charge is -2.00. The van der Waals surface area contributed by atoms with Crippen LogP contribution in [-0.2, 0) is 4.79 Å². The average molecular weight is 156 g/mol. The quantitative estimate of drug-likeness (QED) is 0.432. The summed E-state index contributed by atoms with van der Waals surface area (Å²) in [6, 6.07) is 0. The highest BCUT2D eigenvalue weighted by atomic mass is 16.1. The molecule has 0 bridgehead atoms. The molecule has 0 aromatic heterocycles. The van der Waals surface area contributed by atoms with Crippen LogP contribution in [0.2, 0.25) is 0 Å². The van der Waals surface area contributed by atoms with Gasteiger partial charge in [0, 0.05) is 19.5 Å². The van der Waals surface area contributed by atoms with E-state index in [0.717, 1.165) is 12.8 Å². The van der Waals surface area contributed by atoms with Crippen LogP contribution in [0, 0.1) is 0 Å². The van der Waals surface area contributed by atoms with Crippen molar-refractivity contribution in [1.82, 2.24) is 5.32 Å². The van der Waals surface area contributed by atoms with Gasteiger partial charge in [0.25, 0.3) is 0 Å². The number of unbranched alkanes of at least 4 members (excludes halogenated alkanes) is 1. The van der Waals surface area contributed by atoms with Crippen LogP contribution in [0.3, 0.4) is 0 Å². The van der Waals surface area contributed by atoms with Crippen molar-refractivity contribution in [2.24, 2.45) is 5.73 Å². The van der Waals surface area contributed by atoms with Gasteiger partial charge in [0.05, 0.1) is 0 Å². The molecule has 0 unspecified atom stereocenters. The van der Waals surface area contributed by atoms with Crippen LogP contribution in [0.4, 0.5) is 0 Å². The minimum atomic E-state index is 0.0808. The summed E-state index contributed by atoms with van der Waals surface area (Å²) in [5, 5.41) is 2.69. The Hall–Kier alpha value is -0.830. The van der Waals surface area contributed by atoms with Gasteiger partial charge in [-0.3, -0.25) is 4.79 Å². The van der Waals surface area contributed by atoms with Crippen LogP contribution in [0.25, 0.3) is 0 Å². The number of rotatable bonds is 6. The first-order valence-electron chi connectivity index (χ1n) is 3.89. The van der Waals surface area contributed by atoms with Crippen LogP contribution in [0.5, 0.6) is 0 Å². The molecule has 0 heterocycles. The minimum absolute atomic E-state index is 0.0808. The van der Waals surface area contributed by atoms with Crippen molar-refractivity contribution in [3.05, 3.63) is 12.7 Å². The Morgan fingerprint density at radius 3 is 2.91 bits per heavy atom. The van der Waals surface area contributed by atoms with E-state index in [1.165, 1.54) is 0 Å². The molecule has 0 aliphatic rings. The van der Waals surface area contributed by atoms with Crippen molar-refractivity contribution in [2.45, 2.75) is 19.3 Å². The predicted molar refractivity (Wildman–Crippen MR) is 46.1 cm³/mol. The zero-order valence-corrected chi connectivity index (χ0v) is 6.81. The first kappa shape index (κ1) is 10.2. The van der Waals surface area contributed by atoms with Gasteiger partial charge in [-0.25, -0.2) is 0 Å². The number of hydrogen-bond acceptors (Lipinski definition) is 2. The SMILES string of the molecule is C=CCCCC(=O)NCCN. The molecular weight excluding hydrogens is 140 g/mol. The second-order valence-corrected chi connectivity index (χ2v) is 2.32. The predicted octanol–water partition coefficient (Wildman–Crippen LogP) is 0.418. The maximum absolute atomic E-state index is 10.9. The second-order valence-electron chi connectivity index (χ2n) is 2.32. The third-order valence-corrected chi connectivity index (χ3v) is 1.28. The molecule has 64 valence electrons. The van der Waals surface area contributed by atoms with Crippen LogP contribution in [0.1, 0.15) is 19.3 Å². The molecule has 3 N–H and O–H groups in total. The zero-order chi connectivity index (χ0) is 8.53. The summed E-state index contributed by atoms with van der Waals surface area (Å²) in [6.45, 7) is 4.65. The molecule has 3 heteroatoms. The van der Waals surface area contributed by atoms with Gasteiger partial charge in [0.1, 0.15) is 0 Å². The minimum Gasteiger partial charge on any atom is -0.355 e. The van der Waals surface area contributed by atoms with Crippen molar-refractivity contribution < 1.29 is 4.79 Å². The molecule has 0 aromatic carbocycles. The van der Waals surface area contributed by atoms with Crippen molar-refractivity contribution >= 4 is 5.91 Å². The number of hydrogen-bond donors (Lipinski definition) is 2. The van der Waals surface area contributed by atoms with Crippen LogP contribution < -0.4 is 11.1 Å². The summed E-state index contributed by atoms with van der Waals surface area (Å²) < 4.78 is 0. The summed E-state index contributed by atoms with van der Waals surface area (Å²) in [5.41, 5.74) is 5.20. The molecule has 11 heavy (non-hydrogen) atoms. The average Bonchev–Trinajstić information content (AvgIpc) is 2.01. The Morgan fingerprint density at radius 1 is 1.64 bits per heavy atom. The second kappa shape index (κ2) is 7.28. The molecular formula is C8H16N2O. The third-order valence-electron chi connectivity index (χ3n) is 1.28. The summed E-state index contributed by atoms with van der Waals surface area (Å²) in [4.78, 5) is 10.9. The van der Waals surface area contributed by atoms with Crippen molar-refractivity contribution in [1.29, 1.82) is 0 Å². The van der Waals surface area contributed by atoms with Crippen molar-refractivity contribution in [3.8, 4) is 0 Å². The number of allylic oxidation sites excluding steroid dienone is 1. The van der Waals surface area contributed by atoms with Gasteiger partial charge in [-0.15, -0.1) is 6.58 Å². The summed E-state index contributed by atoms with van der Waals surface area (Å²) in [6.07, 6.45) is 4.16. The van der Waals surface area contributed by atoms with Gasteiger partial charge in [-0.05, 0) is 12.8 Å². The highest BCUT2D eigenvalue weighted by Crippen LogP contribution is 1.94. The molecule has 0 saturated heterocycles. The van der Waals surface area contributed by atoms with E-state index in [0.29, 0.717) is 19.5 Å². The molecule has 3 nitrogen and oxygen atoms in total. The van der Waals surface area contributed by atoms with Gasteiger partial charge in [0.15, 0.2) is 0 Å². The maximum Gasteiger partial charge on any atom is 0.220 e. The summed E-state index contributed by atoms with van der Waals surface area (Å²) in [7, 11) is 0. The normalized spacial score (nSPS) is 9.18. The van der Waals surface area contributed by atoms with E-state index in [1.54, 1.807) is 0 Å². The van der Waals surface area contributed by atoms with Crippen LogP contribution in [0.15, 0.2) is 12.7 Å². The third kappa shape index (κ3) is 7.06. The number of carbonyl (C=O) groups excluding carboxylic acids is 1. The molecule has 0 aliphatic carbocycles. The topological polar surface area (TPSA) is 55.1 Å². The first-order chi connectivity index (χ1) is 5.31. The fourth-order valence-electron chi connectivity index (χ4n) is 0.707. The van der Waals surface area contributed by atoms with Gasteiger partial charge in [0.2, 0.25) is 5.91 Å². The molecule has 0 fully saturated rings. The van der Waals surface area contributed by atoms with Gasteiger partial charge < -0.3 is 11.1 Å². The molecule has 0 saturated carbocycles. The monoisotopic (exact) mass is 156 g/mol. The lowest BCUT2D eigenvalue weighted by Crippen LogP contribution is -2.28. The Labute approximate surface area is 67.7 Å². The van der Waals surface area contributed by atoms with E-state index in [2.05, 4.69) is 11.9 Å². The Kier molecular flexibility index (Phi) is 6.73. The van der Waals surface area contributed by atoms with E-state index >= 15 is 0 Å². The van der Waals surface area contributed by atoms with Gasteiger partial charge in [-0.2, -0.15) is 0 Å². The number of nitrogens with one attached hydrogen (secondary N) is 1. The molecule has 0 atom stereocenters. The largest absolute Gasteiger partial charge is 0.355 e. The Bertz CT molecular complexity index is 123. The number of nitrogens with two attached hydrogens (primary N) is 1. The summed E-state index contributed by atoms with van der Waals surface area (Å²) >= 11 is 0. The van der Waals surface area contributed by atoms with Crippen molar-refractivity contribution in [2.75, 3.05) is 13.1 Å². The number of carbonyl (C=O) groups is 1. The summed E-state index contributed by atoms with van der Waals surface area (Å²) in [5.74, 6) is 0.0808. The highest BCUT2D eigenvalue weighted by molar-refractivity contribution is 5.75. The fraction of sp³-hybridized carbons (Fsp3) is 0.625. The Morgan fingerprint density at radius 2 is 2.36 bits per heavy atom. The molecule has 0 spiro atoms. The van der Waals surface area contributed by atoms with E-state index < -0.39 is 0 Å². The molecule has 0 radical (unpaired) electrons. The number of amides is 1. The standard InChI is InChI=1S/C8H16N2O/c1-2-3-4-5-8(11)10-7-6-9/h2H,1,3-7,9H2,(H,10,11). The lowest BCUT2D eigenvalue weighted by atomic mass is 10.2.